The zero-order chi connectivity index (χ0) is 22.6. The Morgan fingerprint density at radius 2 is 1.58 bits per heavy atom. The van der Waals surface area contributed by atoms with Gasteiger partial charge < -0.3 is 5.32 Å². The SMILES string of the molecule is CC[C@@H](NC(=O)c1ccc(C)c(S(=O)(=O)N2CCCCCC2)c1)c1ccc(C)c(C)c1. The summed E-state index contributed by atoms with van der Waals surface area (Å²) >= 11 is 0. The third-order valence-corrected chi connectivity index (χ3v) is 8.32. The second-order valence-electron chi connectivity index (χ2n) is 8.58. The first-order chi connectivity index (χ1) is 14.7. The molecule has 0 aliphatic carbocycles. The molecule has 5 nitrogen and oxygen atoms in total. The molecule has 1 aliphatic heterocycles. The minimum Gasteiger partial charge on any atom is -0.345 e. The molecule has 1 saturated heterocycles. The fourth-order valence-corrected chi connectivity index (χ4v) is 5.85. The summed E-state index contributed by atoms with van der Waals surface area (Å²) in [7, 11) is -3.62. The molecule has 2 aromatic carbocycles. The van der Waals surface area contributed by atoms with Gasteiger partial charge in [0.05, 0.1) is 10.9 Å². The third-order valence-electron chi connectivity index (χ3n) is 6.28. The van der Waals surface area contributed by atoms with E-state index in [9.17, 15) is 13.2 Å². The normalized spacial score (nSPS) is 16.5. The molecule has 0 aromatic heterocycles. The van der Waals surface area contributed by atoms with Crippen LogP contribution in [0.25, 0.3) is 0 Å². The summed E-state index contributed by atoms with van der Waals surface area (Å²) in [4.78, 5) is 13.3. The van der Waals surface area contributed by atoms with Gasteiger partial charge in [0.25, 0.3) is 5.91 Å². The molecule has 1 N–H and O–H groups in total. The van der Waals surface area contributed by atoms with Crippen molar-refractivity contribution in [3.05, 3.63) is 64.2 Å². The fourth-order valence-electron chi connectivity index (χ4n) is 4.08. The lowest BCUT2D eigenvalue weighted by molar-refractivity contribution is 0.0935. The second-order valence-corrected chi connectivity index (χ2v) is 10.5. The maximum absolute atomic E-state index is 13.3. The number of aryl methyl sites for hydroxylation is 3. The smallest absolute Gasteiger partial charge is 0.251 e. The van der Waals surface area contributed by atoms with Crippen LogP contribution in [0.4, 0.5) is 0 Å². The minimum atomic E-state index is -3.62. The van der Waals surface area contributed by atoms with Crippen LogP contribution in [0.2, 0.25) is 0 Å². The fraction of sp³-hybridized carbons (Fsp3) is 0.480. The number of benzene rings is 2. The number of carbonyl (C=O) groups is 1. The molecule has 168 valence electrons. The van der Waals surface area contributed by atoms with Crippen LogP contribution in [0, 0.1) is 20.8 Å². The summed E-state index contributed by atoms with van der Waals surface area (Å²) in [6, 6.07) is 11.1. The molecule has 1 atom stereocenters. The van der Waals surface area contributed by atoms with Gasteiger partial charge in [0.15, 0.2) is 0 Å². The molecule has 0 bridgehead atoms. The Morgan fingerprint density at radius 3 is 2.19 bits per heavy atom. The predicted molar refractivity (Wildman–Crippen MR) is 125 cm³/mol. The first kappa shape index (κ1) is 23.5. The van der Waals surface area contributed by atoms with Gasteiger partial charge >= 0.3 is 0 Å². The molecule has 0 saturated carbocycles. The molecule has 31 heavy (non-hydrogen) atoms. The highest BCUT2D eigenvalue weighted by Crippen LogP contribution is 2.25. The van der Waals surface area contributed by atoms with Crippen molar-refractivity contribution >= 4 is 15.9 Å². The number of carbonyl (C=O) groups excluding carboxylic acids is 1. The van der Waals surface area contributed by atoms with E-state index >= 15 is 0 Å². The molecule has 0 spiro atoms. The van der Waals surface area contributed by atoms with Gasteiger partial charge in [-0.2, -0.15) is 4.31 Å². The molecular formula is C25H34N2O3S. The van der Waals surface area contributed by atoms with Crippen LogP contribution in [-0.2, 0) is 10.0 Å². The van der Waals surface area contributed by atoms with Gasteiger partial charge in [-0.05, 0) is 74.4 Å². The van der Waals surface area contributed by atoms with Gasteiger partial charge in [-0.3, -0.25) is 4.79 Å². The average Bonchev–Trinajstić information content (AvgIpc) is 3.04. The van der Waals surface area contributed by atoms with Crippen LogP contribution in [0.1, 0.15) is 77.7 Å². The number of hydrogen-bond donors (Lipinski definition) is 1. The van der Waals surface area contributed by atoms with E-state index in [4.69, 9.17) is 0 Å². The number of hydrogen-bond acceptors (Lipinski definition) is 3. The van der Waals surface area contributed by atoms with Crippen molar-refractivity contribution < 1.29 is 13.2 Å². The quantitative estimate of drug-likeness (QED) is 0.680. The lowest BCUT2D eigenvalue weighted by Gasteiger charge is -2.22. The first-order valence-corrected chi connectivity index (χ1v) is 12.7. The highest BCUT2D eigenvalue weighted by molar-refractivity contribution is 7.89. The van der Waals surface area contributed by atoms with Gasteiger partial charge in [0.2, 0.25) is 10.0 Å². The van der Waals surface area contributed by atoms with Crippen molar-refractivity contribution in [3.8, 4) is 0 Å². The molecule has 1 aliphatic rings. The monoisotopic (exact) mass is 442 g/mol. The molecule has 1 fully saturated rings. The van der Waals surface area contributed by atoms with E-state index in [0.717, 1.165) is 37.7 Å². The lowest BCUT2D eigenvalue weighted by atomic mass is 9.99. The molecule has 0 radical (unpaired) electrons. The van der Waals surface area contributed by atoms with Gasteiger partial charge in [-0.25, -0.2) is 8.42 Å². The Bertz CT molecular complexity index is 1040. The van der Waals surface area contributed by atoms with Crippen molar-refractivity contribution in [2.75, 3.05) is 13.1 Å². The van der Waals surface area contributed by atoms with Crippen molar-refractivity contribution in [3.63, 3.8) is 0 Å². The molecule has 1 amide bonds. The van der Waals surface area contributed by atoms with Gasteiger partial charge in [0, 0.05) is 18.7 Å². The lowest BCUT2D eigenvalue weighted by Crippen LogP contribution is -2.33. The largest absolute Gasteiger partial charge is 0.345 e. The Morgan fingerprint density at radius 1 is 0.935 bits per heavy atom. The van der Waals surface area contributed by atoms with Crippen molar-refractivity contribution in [2.24, 2.45) is 0 Å². The Kier molecular flexibility index (Phi) is 7.55. The van der Waals surface area contributed by atoms with Gasteiger partial charge in [0.1, 0.15) is 0 Å². The molecule has 3 rings (SSSR count). The van der Waals surface area contributed by atoms with E-state index in [-0.39, 0.29) is 16.8 Å². The highest BCUT2D eigenvalue weighted by atomic mass is 32.2. The summed E-state index contributed by atoms with van der Waals surface area (Å²) in [5.74, 6) is -0.252. The van der Waals surface area contributed by atoms with Crippen LogP contribution in [0.3, 0.4) is 0 Å². The number of amides is 1. The van der Waals surface area contributed by atoms with Crippen LogP contribution in [0.5, 0.6) is 0 Å². The minimum absolute atomic E-state index is 0.126. The van der Waals surface area contributed by atoms with Crippen molar-refractivity contribution in [1.82, 2.24) is 9.62 Å². The van der Waals surface area contributed by atoms with Gasteiger partial charge in [-0.15, -0.1) is 0 Å². The van der Waals surface area contributed by atoms with E-state index < -0.39 is 10.0 Å². The first-order valence-electron chi connectivity index (χ1n) is 11.2. The van der Waals surface area contributed by atoms with E-state index in [1.165, 1.54) is 17.2 Å². The van der Waals surface area contributed by atoms with Crippen LogP contribution < -0.4 is 5.32 Å². The standard InChI is InChI=1S/C25H34N2O3S/c1-5-23(21-12-10-18(2)20(4)16-21)26-25(28)22-13-11-19(3)24(17-22)31(29,30)27-14-8-6-7-9-15-27/h10-13,16-17,23H,5-9,14-15H2,1-4H3,(H,26,28)/t23-/m1/s1. The van der Waals surface area contributed by atoms with Crippen LogP contribution >= 0.6 is 0 Å². The molecule has 2 aromatic rings. The van der Waals surface area contributed by atoms with Crippen molar-refractivity contribution in [1.29, 1.82) is 0 Å². The number of sulfonamides is 1. The molecule has 6 heteroatoms. The maximum atomic E-state index is 13.3. The Balaban J connectivity index is 1.85. The highest BCUT2D eigenvalue weighted by Gasteiger charge is 2.27. The number of nitrogens with zero attached hydrogens (tertiary/aromatic N) is 1. The second kappa shape index (κ2) is 9.96. The summed E-state index contributed by atoms with van der Waals surface area (Å²) in [6.07, 6.45) is 4.63. The van der Waals surface area contributed by atoms with Crippen LogP contribution in [-0.4, -0.2) is 31.7 Å². The summed E-state index contributed by atoms with van der Waals surface area (Å²) in [6.45, 7) is 9.04. The molecule has 0 unspecified atom stereocenters. The van der Waals surface area contributed by atoms with Crippen molar-refractivity contribution in [2.45, 2.75) is 70.7 Å². The Labute approximate surface area is 186 Å². The van der Waals surface area contributed by atoms with E-state index in [1.807, 2.05) is 13.0 Å². The third kappa shape index (κ3) is 5.36. The summed E-state index contributed by atoms with van der Waals surface area (Å²) in [5, 5.41) is 3.09. The molecular weight excluding hydrogens is 408 g/mol. The maximum Gasteiger partial charge on any atom is 0.251 e. The van der Waals surface area contributed by atoms with E-state index in [1.54, 1.807) is 23.4 Å². The molecule has 1 heterocycles. The number of rotatable bonds is 6. The predicted octanol–water partition coefficient (Wildman–Crippen LogP) is 5.06. The summed E-state index contributed by atoms with van der Waals surface area (Å²) in [5.41, 5.74) is 4.50. The van der Waals surface area contributed by atoms with E-state index in [0.29, 0.717) is 24.2 Å². The summed E-state index contributed by atoms with van der Waals surface area (Å²) < 4.78 is 28.2. The zero-order valence-electron chi connectivity index (χ0n) is 19.1. The topological polar surface area (TPSA) is 66.5 Å². The van der Waals surface area contributed by atoms with Crippen LogP contribution in [0.15, 0.2) is 41.3 Å². The Hall–Kier alpha value is -2.18. The van der Waals surface area contributed by atoms with Gasteiger partial charge in [-0.1, -0.05) is 44.0 Å². The zero-order valence-corrected chi connectivity index (χ0v) is 19.9. The number of nitrogens with one attached hydrogen (secondary N) is 1. The van der Waals surface area contributed by atoms with E-state index in [2.05, 4.69) is 31.3 Å². The average molecular weight is 443 g/mol.